The lowest BCUT2D eigenvalue weighted by molar-refractivity contribution is -0.188. The Hall–Kier alpha value is -2.39. The van der Waals surface area contributed by atoms with Gasteiger partial charge in [-0.2, -0.15) is 0 Å². The zero-order chi connectivity index (χ0) is 24.6. The summed E-state index contributed by atoms with van der Waals surface area (Å²) < 4.78 is 36.0. The summed E-state index contributed by atoms with van der Waals surface area (Å²) in [6.07, 6.45) is 3.47. The van der Waals surface area contributed by atoms with E-state index in [0.29, 0.717) is 38.0 Å². The predicted molar refractivity (Wildman–Crippen MR) is 133 cm³/mol. The minimum Gasteiger partial charge on any atom is -0.504 e. The van der Waals surface area contributed by atoms with Crippen LogP contribution in [-0.2, 0) is 27.6 Å². The van der Waals surface area contributed by atoms with E-state index in [9.17, 15) is 18.6 Å². The van der Waals surface area contributed by atoms with Crippen LogP contribution < -0.4 is 9.46 Å². The summed E-state index contributed by atoms with van der Waals surface area (Å²) in [7, 11) is -3.67. The number of sulfonamides is 1. The average Bonchev–Trinajstić information content (AvgIpc) is 3.16. The van der Waals surface area contributed by atoms with Crippen LogP contribution in [0.4, 0.5) is 0 Å². The summed E-state index contributed by atoms with van der Waals surface area (Å²) in [6.45, 7) is 7.24. The van der Waals surface area contributed by atoms with Gasteiger partial charge in [0.2, 0.25) is 10.0 Å². The molecular formula is C27H32N2O5S. The maximum absolute atomic E-state index is 13.3. The third kappa shape index (κ3) is 3.16. The lowest BCUT2D eigenvalue weighted by Crippen LogP contribution is -2.78. The fourth-order valence-electron chi connectivity index (χ4n) is 7.38. The van der Waals surface area contributed by atoms with Gasteiger partial charge in [-0.05, 0) is 61.9 Å². The fourth-order valence-corrected chi connectivity index (χ4v) is 8.90. The molecule has 7 nitrogen and oxygen atoms in total. The van der Waals surface area contributed by atoms with Crippen LogP contribution in [0.15, 0.2) is 49.1 Å². The van der Waals surface area contributed by atoms with E-state index in [0.717, 1.165) is 28.8 Å². The van der Waals surface area contributed by atoms with Crippen LogP contribution >= 0.6 is 0 Å². The van der Waals surface area contributed by atoms with Gasteiger partial charge < -0.3 is 14.9 Å². The zero-order valence-corrected chi connectivity index (χ0v) is 20.7. The molecule has 1 saturated carbocycles. The summed E-state index contributed by atoms with van der Waals surface area (Å²) in [5.74, 6) is 0.342. The fraction of sp³-hybridized carbons (Fsp3) is 0.481. The van der Waals surface area contributed by atoms with Gasteiger partial charge in [-0.1, -0.05) is 36.4 Å². The quantitative estimate of drug-likeness (QED) is 0.532. The number of phenols is 1. The van der Waals surface area contributed by atoms with Gasteiger partial charge in [0.1, 0.15) is 6.10 Å². The summed E-state index contributed by atoms with van der Waals surface area (Å²) in [6, 6.07) is 10.4. The first-order valence-corrected chi connectivity index (χ1v) is 14.0. The van der Waals surface area contributed by atoms with Gasteiger partial charge >= 0.3 is 0 Å². The van der Waals surface area contributed by atoms with Gasteiger partial charge in [0.05, 0.1) is 22.8 Å². The molecule has 0 amide bonds. The molecule has 0 radical (unpaired) electrons. The lowest BCUT2D eigenvalue weighted by atomic mass is 9.48. The van der Waals surface area contributed by atoms with Gasteiger partial charge in [-0.15, -0.1) is 6.58 Å². The number of aromatic hydroxyl groups is 1. The van der Waals surface area contributed by atoms with Crippen LogP contribution in [0.1, 0.15) is 41.5 Å². The number of nitrogens with zero attached hydrogens (tertiary/aromatic N) is 1. The molecule has 186 valence electrons. The minimum absolute atomic E-state index is 0.0448. The summed E-state index contributed by atoms with van der Waals surface area (Å²) >= 11 is 0. The summed E-state index contributed by atoms with van der Waals surface area (Å²) in [5.41, 5.74) is 1.78. The van der Waals surface area contributed by atoms with Crippen molar-refractivity contribution in [2.45, 2.75) is 67.6 Å². The first-order valence-electron chi connectivity index (χ1n) is 12.3. The molecule has 8 heteroatoms. The number of nitrogens with one attached hydrogen (secondary N) is 1. The van der Waals surface area contributed by atoms with Gasteiger partial charge in [0.25, 0.3) is 0 Å². The highest BCUT2D eigenvalue weighted by Gasteiger charge is 2.73. The number of hydrogen-bond acceptors (Lipinski definition) is 6. The highest BCUT2D eigenvalue weighted by molar-refractivity contribution is 7.88. The molecule has 5 atom stereocenters. The topological polar surface area (TPSA) is 99.1 Å². The van der Waals surface area contributed by atoms with Gasteiger partial charge in [-0.25, -0.2) is 13.1 Å². The molecule has 2 bridgehead atoms. The van der Waals surface area contributed by atoms with Gasteiger partial charge in [0, 0.05) is 18.2 Å². The number of aliphatic hydroxyl groups is 1. The van der Waals surface area contributed by atoms with E-state index in [-0.39, 0.29) is 17.5 Å². The van der Waals surface area contributed by atoms with Crippen LogP contribution in [0.5, 0.6) is 11.5 Å². The third-order valence-corrected chi connectivity index (χ3v) is 10.2. The Morgan fingerprint density at radius 1 is 1.26 bits per heavy atom. The third-order valence-electron chi connectivity index (χ3n) is 8.87. The molecule has 2 heterocycles. The number of phenolic OH excluding ortho intramolecular Hbond substituents is 1. The van der Waals surface area contributed by atoms with Crippen molar-refractivity contribution in [3.8, 4) is 11.5 Å². The second-order valence-electron chi connectivity index (χ2n) is 10.6. The van der Waals surface area contributed by atoms with Crippen molar-refractivity contribution in [2.75, 3.05) is 13.1 Å². The second kappa shape index (κ2) is 7.80. The molecule has 35 heavy (non-hydrogen) atoms. The number of rotatable bonds is 6. The minimum atomic E-state index is -3.67. The Bertz CT molecular complexity index is 1310. The Labute approximate surface area is 206 Å². The van der Waals surface area contributed by atoms with Crippen molar-refractivity contribution in [1.29, 1.82) is 0 Å². The van der Waals surface area contributed by atoms with Gasteiger partial charge in [0.15, 0.2) is 11.5 Å². The van der Waals surface area contributed by atoms with E-state index >= 15 is 0 Å². The largest absolute Gasteiger partial charge is 0.504 e. The van der Waals surface area contributed by atoms with Crippen molar-refractivity contribution < 1.29 is 23.4 Å². The van der Waals surface area contributed by atoms with Crippen molar-refractivity contribution in [2.24, 2.45) is 0 Å². The van der Waals surface area contributed by atoms with E-state index in [1.807, 2.05) is 43.3 Å². The molecule has 4 aliphatic rings. The molecule has 2 fully saturated rings. The van der Waals surface area contributed by atoms with Crippen LogP contribution in [-0.4, -0.2) is 60.4 Å². The van der Waals surface area contributed by atoms with E-state index in [1.54, 1.807) is 6.07 Å². The SMILES string of the molecule is C=CCN1CC[C@]23c4c5ccc(O)c4O[C@H]2[C@H](NS(=O)(=O)Cc2ccccc2C)CC[C@@]3(O)[C@H]1C5. The van der Waals surface area contributed by atoms with Crippen LogP contribution in [0.3, 0.4) is 0 Å². The molecule has 2 aliphatic heterocycles. The number of likely N-dealkylation sites (tertiary alicyclic amines) is 1. The van der Waals surface area contributed by atoms with E-state index in [4.69, 9.17) is 4.74 Å². The van der Waals surface area contributed by atoms with Crippen molar-refractivity contribution in [1.82, 2.24) is 9.62 Å². The summed E-state index contributed by atoms with van der Waals surface area (Å²) in [5, 5.41) is 23.1. The molecule has 1 spiro atoms. The maximum atomic E-state index is 13.3. The number of ether oxygens (including phenoxy) is 1. The molecule has 0 unspecified atom stereocenters. The van der Waals surface area contributed by atoms with Crippen LogP contribution in [0.2, 0.25) is 0 Å². The Morgan fingerprint density at radius 2 is 2.06 bits per heavy atom. The molecular weight excluding hydrogens is 464 g/mol. The van der Waals surface area contributed by atoms with E-state index in [1.165, 1.54) is 0 Å². The van der Waals surface area contributed by atoms with E-state index < -0.39 is 33.2 Å². The van der Waals surface area contributed by atoms with Crippen molar-refractivity contribution in [3.05, 3.63) is 71.3 Å². The molecule has 6 rings (SSSR count). The Morgan fingerprint density at radius 3 is 2.83 bits per heavy atom. The highest BCUT2D eigenvalue weighted by Crippen LogP contribution is 2.65. The second-order valence-corrected chi connectivity index (χ2v) is 12.3. The number of hydrogen-bond donors (Lipinski definition) is 3. The van der Waals surface area contributed by atoms with Gasteiger partial charge in [-0.3, -0.25) is 4.90 Å². The predicted octanol–water partition coefficient (Wildman–Crippen LogP) is 2.53. The Balaban J connectivity index is 1.40. The molecule has 3 N–H and O–H groups in total. The molecule has 2 aromatic carbocycles. The molecule has 2 aromatic rings. The first kappa shape index (κ1) is 23.0. The molecule has 1 saturated heterocycles. The average molecular weight is 497 g/mol. The summed E-state index contributed by atoms with van der Waals surface area (Å²) in [4.78, 5) is 2.28. The first-order chi connectivity index (χ1) is 16.7. The zero-order valence-electron chi connectivity index (χ0n) is 19.9. The van der Waals surface area contributed by atoms with Crippen molar-refractivity contribution in [3.63, 3.8) is 0 Å². The molecule has 0 aromatic heterocycles. The smallest absolute Gasteiger partial charge is 0.216 e. The van der Waals surface area contributed by atoms with Crippen molar-refractivity contribution >= 4 is 10.0 Å². The van der Waals surface area contributed by atoms with Crippen LogP contribution in [0, 0.1) is 6.92 Å². The number of piperidine rings is 1. The Kier molecular flexibility index (Phi) is 5.14. The standard InChI is InChI=1S/C27H32N2O5S/c1-3-13-29-14-12-26-23-18-8-9-21(30)24(23)34-25(26)20(10-11-27(26,31)22(29)15-18)28-35(32,33)16-19-7-5-4-6-17(19)2/h3-9,20,22,25,28,30-31H,1,10-16H2,2H3/t20-,22-,25+,26+,27-/m1/s1. The monoisotopic (exact) mass is 496 g/mol. The maximum Gasteiger partial charge on any atom is 0.216 e. The highest BCUT2D eigenvalue weighted by atomic mass is 32.2. The van der Waals surface area contributed by atoms with E-state index in [2.05, 4.69) is 16.2 Å². The van der Waals surface area contributed by atoms with Crippen LogP contribution in [0.25, 0.3) is 0 Å². The molecule has 2 aliphatic carbocycles. The number of benzene rings is 2. The number of aryl methyl sites for hydroxylation is 1. The normalized spacial score (nSPS) is 33.1. The lowest BCUT2D eigenvalue weighted by Gasteiger charge is -2.64.